The predicted octanol–water partition coefficient (Wildman–Crippen LogP) is 3.02. The highest BCUT2D eigenvalue weighted by atomic mass is 19.1. The molecule has 0 saturated carbocycles. The monoisotopic (exact) mass is 354 g/mol. The molecular weight excluding hydrogens is 339 g/mol. The maximum absolute atomic E-state index is 13.2. The van der Waals surface area contributed by atoms with Crippen molar-refractivity contribution in [1.29, 1.82) is 0 Å². The highest BCUT2D eigenvalue weighted by Crippen LogP contribution is 2.15. The smallest absolute Gasteiger partial charge is 0.325 e. The molecule has 0 fully saturated rings. The number of amides is 2. The summed E-state index contributed by atoms with van der Waals surface area (Å²) in [6, 6.07) is 11.6. The molecule has 1 aromatic heterocycles. The molecular formula is C18H15FN4O3. The number of rotatable bonds is 4. The Bertz CT molecular complexity index is 1000. The van der Waals surface area contributed by atoms with Crippen LogP contribution in [0.1, 0.15) is 0 Å². The number of methoxy groups -OCH3 is 1. The lowest BCUT2D eigenvalue weighted by atomic mass is 10.3. The standard InChI is InChI=1S/C18H15FN4O3/c1-26-15-7-3-6-14(11-15)23-9-8-20-16(17(23)24)22-18(25)21-13-5-2-4-12(19)10-13/h2-11H,1H3,(H2,20,21,22,25). The van der Waals surface area contributed by atoms with Gasteiger partial charge in [-0.2, -0.15) is 0 Å². The topological polar surface area (TPSA) is 85.2 Å². The largest absolute Gasteiger partial charge is 0.497 e. The third kappa shape index (κ3) is 3.86. The van der Waals surface area contributed by atoms with Crippen molar-refractivity contribution < 1.29 is 13.9 Å². The number of urea groups is 1. The zero-order valence-corrected chi connectivity index (χ0v) is 13.8. The number of ether oxygens (including phenoxy) is 1. The minimum atomic E-state index is -0.705. The first-order valence-electron chi connectivity index (χ1n) is 7.62. The molecule has 0 atom stereocenters. The number of hydrogen-bond donors (Lipinski definition) is 2. The van der Waals surface area contributed by atoms with Gasteiger partial charge in [0.1, 0.15) is 11.6 Å². The molecule has 0 aliphatic rings. The summed E-state index contributed by atoms with van der Waals surface area (Å²) in [5.41, 5.74) is 0.298. The van der Waals surface area contributed by atoms with E-state index in [0.29, 0.717) is 11.4 Å². The Kier molecular flexibility index (Phi) is 4.93. The molecule has 132 valence electrons. The summed E-state index contributed by atoms with van der Waals surface area (Å²) in [5.74, 6) is -0.0604. The van der Waals surface area contributed by atoms with E-state index in [1.807, 2.05) is 0 Å². The number of carbonyl (C=O) groups is 1. The maximum Gasteiger partial charge on any atom is 0.325 e. The lowest BCUT2D eigenvalue weighted by molar-refractivity contribution is 0.262. The number of benzene rings is 2. The Labute approximate surface area is 148 Å². The molecule has 3 rings (SSSR count). The summed E-state index contributed by atoms with van der Waals surface area (Å²) in [7, 11) is 1.53. The average Bonchev–Trinajstić information content (AvgIpc) is 2.63. The first-order chi connectivity index (χ1) is 12.6. The highest BCUT2D eigenvalue weighted by molar-refractivity contribution is 5.99. The van der Waals surface area contributed by atoms with Crippen molar-refractivity contribution in [2.24, 2.45) is 0 Å². The van der Waals surface area contributed by atoms with Gasteiger partial charge in [0.2, 0.25) is 5.82 Å². The van der Waals surface area contributed by atoms with E-state index in [1.54, 1.807) is 24.3 Å². The fraction of sp³-hybridized carbons (Fsp3) is 0.0556. The van der Waals surface area contributed by atoms with Gasteiger partial charge in [0.05, 0.1) is 12.8 Å². The van der Waals surface area contributed by atoms with Crippen LogP contribution >= 0.6 is 0 Å². The summed E-state index contributed by atoms with van der Waals surface area (Å²) < 4.78 is 19.6. The summed E-state index contributed by atoms with van der Waals surface area (Å²) >= 11 is 0. The number of carbonyl (C=O) groups excluding carboxylic acids is 1. The van der Waals surface area contributed by atoms with Crippen LogP contribution in [-0.4, -0.2) is 22.7 Å². The zero-order valence-electron chi connectivity index (χ0n) is 13.8. The SMILES string of the molecule is COc1cccc(-n2ccnc(NC(=O)Nc3cccc(F)c3)c2=O)c1. The van der Waals surface area contributed by atoms with E-state index < -0.39 is 17.4 Å². The molecule has 7 nitrogen and oxygen atoms in total. The summed E-state index contributed by atoms with van der Waals surface area (Å²) in [5, 5.41) is 4.81. The van der Waals surface area contributed by atoms with Gasteiger partial charge in [-0.3, -0.25) is 14.7 Å². The van der Waals surface area contributed by atoms with E-state index in [4.69, 9.17) is 4.74 Å². The summed E-state index contributed by atoms with van der Waals surface area (Å²) in [6.45, 7) is 0. The van der Waals surface area contributed by atoms with Gasteiger partial charge < -0.3 is 10.1 Å². The predicted molar refractivity (Wildman–Crippen MR) is 95.4 cm³/mol. The van der Waals surface area contributed by atoms with E-state index in [-0.39, 0.29) is 11.5 Å². The van der Waals surface area contributed by atoms with Crippen LogP contribution in [0.15, 0.2) is 65.7 Å². The molecule has 2 N–H and O–H groups in total. The lowest BCUT2D eigenvalue weighted by Gasteiger charge is -2.10. The second-order valence-electron chi connectivity index (χ2n) is 5.24. The second kappa shape index (κ2) is 7.47. The molecule has 2 aromatic carbocycles. The quantitative estimate of drug-likeness (QED) is 0.754. The van der Waals surface area contributed by atoms with E-state index in [0.717, 1.165) is 6.07 Å². The van der Waals surface area contributed by atoms with Crippen molar-refractivity contribution >= 4 is 17.5 Å². The molecule has 0 bridgehead atoms. The zero-order chi connectivity index (χ0) is 18.5. The van der Waals surface area contributed by atoms with Crippen LogP contribution in [-0.2, 0) is 0 Å². The second-order valence-corrected chi connectivity index (χ2v) is 5.24. The Morgan fingerprint density at radius 1 is 1.15 bits per heavy atom. The Morgan fingerprint density at radius 3 is 2.73 bits per heavy atom. The van der Waals surface area contributed by atoms with Crippen LogP contribution in [0, 0.1) is 5.82 Å². The van der Waals surface area contributed by atoms with Crippen LogP contribution in [0.5, 0.6) is 5.75 Å². The molecule has 0 radical (unpaired) electrons. The molecule has 8 heteroatoms. The van der Waals surface area contributed by atoms with E-state index in [1.165, 1.54) is 42.3 Å². The number of nitrogens with one attached hydrogen (secondary N) is 2. The lowest BCUT2D eigenvalue weighted by Crippen LogP contribution is -2.28. The first-order valence-corrected chi connectivity index (χ1v) is 7.62. The van der Waals surface area contributed by atoms with Crippen LogP contribution in [0.2, 0.25) is 0 Å². The minimum Gasteiger partial charge on any atom is -0.497 e. The van der Waals surface area contributed by atoms with Gasteiger partial charge in [-0.05, 0) is 30.3 Å². The van der Waals surface area contributed by atoms with Crippen molar-refractivity contribution in [3.8, 4) is 11.4 Å². The van der Waals surface area contributed by atoms with Gasteiger partial charge in [0.15, 0.2) is 0 Å². The highest BCUT2D eigenvalue weighted by Gasteiger charge is 2.11. The van der Waals surface area contributed by atoms with Gasteiger partial charge in [-0.25, -0.2) is 14.2 Å². The fourth-order valence-corrected chi connectivity index (χ4v) is 2.30. The van der Waals surface area contributed by atoms with E-state index in [9.17, 15) is 14.0 Å². The number of hydrogen-bond acceptors (Lipinski definition) is 4. The normalized spacial score (nSPS) is 10.2. The van der Waals surface area contributed by atoms with Gasteiger partial charge in [0.25, 0.3) is 5.56 Å². The van der Waals surface area contributed by atoms with Gasteiger partial charge in [-0.15, -0.1) is 0 Å². The number of aromatic nitrogens is 2. The molecule has 0 saturated heterocycles. The Balaban J connectivity index is 1.83. The maximum atomic E-state index is 13.2. The number of nitrogens with zero attached hydrogens (tertiary/aromatic N) is 2. The molecule has 1 heterocycles. The molecule has 2 amide bonds. The minimum absolute atomic E-state index is 0.163. The van der Waals surface area contributed by atoms with Crippen molar-refractivity contribution in [2.75, 3.05) is 17.7 Å². The fourth-order valence-electron chi connectivity index (χ4n) is 2.30. The molecule has 0 aliphatic carbocycles. The average molecular weight is 354 g/mol. The van der Waals surface area contributed by atoms with Crippen molar-refractivity contribution in [1.82, 2.24) is 9.55 Å². The van der Waals surface area contributed by atoms with Gasteiger partial charge in [-0.1, -0.05) is 12.1 Å². The van der Waals surface area contributed by atoms with Crippen LogP contribution in [0.25, 0.3) is 5.69 Å². The van der Waals surface area contributed by atoms with Crippen molar-refractivity contribution in [3.05, 3.63) is 77.1 Å². The van der Waals surface area contributed by atoms with Gasteiger partial charge >= 0.3 is 6.03 Å². The molecule has 0 spiro atoms. The summed E-state index contributed by atoms with van der Waals surface area (Å²) in [6.07, 6.45) is 2.87. The van der Waals surface area contributed by atoms with Crippen LogP contribution in [0.4, 0.5) is 20.7 Å². The number of halogens is 1. The van der Waals surface area contributed by atoms with Crippen molar-refractivity contribution in [3.63, 3.8) is 0 Å². The van der Waals surface area contributed by atoms with E-state index >= 15 is 0 Å². The third-order valence-corrected chi connectivity index (χ3v) is 3.49. The van der Waals surface area contributed by atoms with Crippen molar-refractivity contribution in [2.45, 2.75) is 0 Å². The molecule has 3 aromatic rings. The Hall–Kier alpha value is -3.68. The third-order valence-electron chi connectivity index (χ3n) is 3.49. The van der Waals surface area contributed by atoms with Crippen LogP contribution < -0.4 is 20.9 Å². The van der Waals surface area contributed by atoms with E-state index in [2.05, 4.69) is 15.6 Å². The van der Waals surface area contributed by atoms with Crippen LogP contribution in [0.3, 0.4) is 0 Å². The first kappa shape index (κ1) is 17.2. The molecule has 26 heavy (non-hydrogen) atoms. The number of anilines is 2. The van der Waals surface area contributed by atoms with Gasteiger partial charge in [0, 0.05) is 24.1 Å². The Morgan fingerprint density at radius 2 is 1.96 bits per heavy atom. The molecule has 0 aliphatic heterocycles. The summed E-state index contributed by atoms with van der Waals surface area (Å²) in [4.78, 5) is 28.5. The molecule has 0 unspecified atom stereocenters.